The van der Waals surface area contributed by atoms with Crippen LogP contribution in [0.1, 0.15) is 25.8 Å². The fourth-order valence-corrected chi connectivity index (χ4v) is 4.42. The quantitative estimate of drug-likeness (QED) is 0.367. The van der Waals surface area contributed by atoms with Gasteiger partial charge in [-0.15, -0.1) is 11.8 Å². The van der Waals surface area contributed by atoms with Gasteiger partial charge < -0.3 is 10.6 Å². The largest absolute Gasteiger partial charge is 0.354 e. The lowest BCUT2D eigenvalue weighted by atomic mass is 9.82. The molecule has 1 fully saturated rings. The average Bonchev–Trinajstić information content (AvgIpc) is 2.97. The first kappa shape index (κ1) is 21.9. The number of nitrogens with zero attached hydrogens (tertiary/aromatic N) is 1. The third-order valence-corrected chi connectivity index (χ3v) is 5.91. The van der Waals surface area contributed by atoms with Gasteiger partial charge in [0.25, 0.3) is 5.91 Å². The second kappa shape index (κ2) is 9.80. The second-order valence-electron chi connectivity index (χ2n) is 7.70. The summed E-state index contributed by atoms with van der Waals surface area (Å²) in [5, 5.41) is 5.66. The topological polar surface area (TPSA) is 78.5 Å². The van der Waals surface area contributed by atoms with Gasteiger partial charge in [0.15, 0.2) is 0 Å². The Kier molecular flexibility index (Phi) is 7.15. The van der Waals surface area contributed by atoms with E-state index < -0.39 is 11.6 Å². The average molecular weight is 426 g/mol. The number of carbonyl (C=O) groups is 3. The zero-order valence-electron chi connectivity index (χ0n) is 17.3. The van der Waals surface area contributed by atoms with Crippen LogP contribution in [0.3, 0.4) is 0 Å². The number of nitrogens with one attached hydrogen (secondary N) is 2. The molecule has 1 atom stereocenters. The van der Waals surface area contributed by atoms with Crippen molar-refractivity contribution in [2.45, 2.75) is 30.7 Å². The van der Waals surface area contributed by atoms with E-state index in [1.165, 1.54) is 0 Å². The molecule has 3 rings (SSSR count). The Balaban J connectivity index is 1.61. The van der Waals surface area contributed by atoms with Crippen molar-refractivity contribution in [3.05, 3.63) is 66.2 Å². The summed E-state index contributed by atoms with van der Waals surface area (Å²) in [4.78, 5) is 40.4. The molecule has 2 N–H and O–H groups in total. The Morgan fingerprint density at radius 2 is 1.70 bits per heavy atom. The summed E-state index contributed by atoms with van der Waals surface area (Å²) in [5.41, 5.74) is -0.394. The monoisotopic (exact) mass is 425 g/mol. The van der Waals surface area contributed by atoms with Crippen molar-refractivity contribution in [1.82, 2.24) is 15.5 Å². The van der Waals surface area contributed by atoms with Crippen molar-refractivity contribution in [3.8, 4) is 0 Å². The number of amides is 4. The van der Waals surface area contributed by atoms with Crippen LogP contribution in [0.5, 0.6) is 0 Å². The minimum atomic E-state index is -1.13. The number of benzene rings is 2. The molecule has 6 nitrogen and oxygen atoms in total. The van der Waals surface area contributed by atoms with Crippen molar-refractivity contribution in [3.63, 3.8) is 0 Å². The zero-order chi connectivity index (χ0) is 21.6. The SMILES string of the molecule is CC(C)CC1(c2ccccc2)NC(=O)N(CC(=O)NCCSc2ccccc2)C1=O. The fourth-order valence-electron chi connectivity index (χ4n) is 3.63. The Labute approximate surface area is 181 Å². The van der Waals surface area contributed by atoms with E-state index in [0.29, 0.717) is 18.7 Å². The molecule has 1 saturated heterocycles. The molecule has 158 valence electrons. The van der Waals surface area contributed by atoms with Crippen molar-refractivity contribution >= 4 is 29.6 Å². The maximum Gasteiger partial charge on any atom is 0.325 e. The molecule has 0 radical (unpaired) electrons. The number of carbonyl (C=O) groups excluding carboxylic acids is 3. The van der Waals surface area contributed by atoms with Gasteiger partial charge in [-0.1, -0.05) is 62.4 Å². The zero-order valence-corrected chi connectivity index (χ0v) is 18.1. The van der Waals surface area contributed by atoms with Gasteiger partial charge in [-0.05, 0) is 30.0 Å². The van der Waals surface area contributed by atoms with Gasteiger partial charge in [0.1, 0.15) is 12.1 Å². The highest BCUT2D eigenvalue weighted by atomic mass is 32.2. The molecule has 0 aromatic heterocycles. The molecule has 2 aromatic rings. The van der Waals surface area contributed by atoms with E-state index in [1.807, 2.05) is 74.5 Å². The summed E-state index contributed by atoms with van der Waals surface area (Å²) in [6.45, 7) is 4.18. The van der Waals surface area contributed by atoms with Gasteiger partial charge >= 0.3 is 6.03 Å². The van der Waals surface area contributed by atoms with Crippen LogP contribution in [0, 0.1) is 5.92 Å². The van der Waals surface area contributed by atoms with E-state index in [4.69, 9.17) is 0 Å². The summed E-state index contributed by atoms with van der Waals surface area (Å²) in [6, 6.07) is 18.6. The standard InChI is InChI=1S/C23H27N3O3S/c1-17(2)15-23(18-9-5-3-6-10-18)21(28)26(22(29)25-23)16-20(27)24-13-14-30-19-11-7-4-8-12-19/h3-12,17H,13-16H2,1-2H3,(H,24,27)(H,25,29). The molecule has 0 spiro atoms. The van der Waals surface area contributed by atoms with Gasteiger partial charge in [0.2, 0.25) is 5.91 Å². The van der Waals surface area contributed by atoms with E-state index in [-0.39, 0.29) is 24.3 Å². The Morgan fingerprint density at radius 1 is 1.07 bits per heavy atom. The number of thioether (sulfide) groups is 1. The first-order chi connectivity index (χ1) is 14.4. The third-order valence-electron chi connectivity index (χ3n) is 4.89. The number of hydrogen-bond acceptors (Lipinski definition) is 4. The van der Waals surface area contributed by atoms with Crippen LogP contribution in [0.4, 0.5) is 4.79 Å². The van der Waals surface area contributed by atoms with Crippen LogP contribution in [0.2, 0.25) is 0 Å². The summed E-state index contributed by atoms with van der Waals surface area (Å²) < 4.78 is 0. The highest BCUT2D eigenvalue weighted by molar-refractivity contribution is 7.99. The molecule has 1 unspecified atom stereocenters. The second-order valence-corrected chi connectivity index (χ2v) is 8.87. The smallest absolute Gasteiger partial charge is 0.325 e. The molecule has 30 heavy (non-hydrogen) atoms. The van der Waals surface area contributed by atoms with Crippen molar-refractivity contribution in [2.75, 3.05) is 18.8 Å². The van der Waals surface area contributed by atoms with Gasteiger partial charge in [-0.2, -0.15) is 0 Å². The molecule has 0 saturated carbocycles. The molecule has 4 amide bonds. The van der Waals surface area contributed by atoms with Crippen LogP contribution in [-0.4, -0.2) is 41.6 Å². The van der Waals surface area contributed by atoms with Crippen molar-refractivity contribution in [1.29, 1.82) is 0 Å². The lowest BCUT2D eigenvalue weighted by molar-refractivity contribution is -0.135. The maximum absolute atomic E-state index is 13.3. The van der Waals surface area contributed by atoms with Gasteiger partial charge in [0, 0.05) is 17.2 Å². The molecular formula is C23H27N3O3S. The molecule has 1 aliphatic heterocycles. The van der Waals surface area contributed by atoms with Crippen LogP contribution < -0.4 is 10.6 Å². The van der Waals surface area contributed by atoms with Crippen LogP contribution in [0.25, 0.3) is 0 Å². The van der Waals surface area contributed by atoms with Crippen molar-refractivity contribution < 1.29 is 14.4 Å². The molecular weight excluding hydrogens is 398 g/mol. The maximum atomic E-state index is 13.3. The molecule has 7 heteroatoms. The van der Waals surface area contributed by atoms with Gasteiger partial charge in [0.05, 0.1) is 0 Å². The highest BCUT2D eigenvalue weighted by Crippen LogP contribution is 2.35. The first-order valence-electron chi connectivity index (χ1n) is 10.1. The summed E-state index contributed by atoms with van der Waals surface area (Å²) in [7, 11) is 0. The van der Waals surface area contributed by atoms with Gasteiger partial charge in [-0.25, -0.2) is 4.79 Å². The molecule has 1 aliphatic rings. The molecule has 1 heterocycles. The minimum absolute atomic E-state index is 0.179. The van der Waals surface area contributed by atoms with E-state index in [1.54, 1.807) is 11.8 Å². The van der Waals surface area contributed by atoms with Crippen LogP contribution >= 0.6 is 11.8 Å². The van der Waals surface area contributed by atoms with E-state index >= 15 is 0 Å². The predicted octanol–water partition coefficient (Wildman–Crippen LogP) is 3.39. The highest BCUT2D eigenvalue weighted by Gasteiger charge is 2.52. The first-order valence-corrected chi connectivity index (χ1v) is 11.0. The molecule has 2 aromatic carbocycles. The number of imide groups is 1. The molecule has 0 aliphatic carbocycles. The lowest BCUT2D eigenvalue weighted by Crippen LogP contribution is -2.46. The minimum Gasteiger partial charge on any atom is -0.354 e. The van der Waals surface area contributed by atoms with E-state index in [0.717, 1.165) is 15.4 Å². The normalized spacial score (nSPS) is 18.6. The van der Waals surface area contributed by atoms with Crippen LogP contribution in [-0.2, 0) is 15.1 Å². The summed E-state index contributed by atoms with van der Waals surface area (Å²) in [5.74, 6) is 0.164. The number of urea groups is 1. The number of hydrogen-bond donors (Lipinski definition) is 2. The summed E-state index contributed by atoms with van der Waals surface area (Å²) >= 11 is 1.64. The summed E-state index contributed by atoms with van der Waals surface area (Å²) in [6.07, 6.45) is 0.466. The van der Waals surface area contributed by atoms with E-state index in [2.05, 4.69) is 10.6 Å². The van der Waals surface area contributed by atoms with E-state index in [9.17, 15) is 14.4 Å². The van der Waals surface area contributed by atoms with Gasteiger partial charge in [-0.3, -0.25) is 14.5 Å². The lowest BCUT2D eigenvalue weighted by Gasteiger charge is -2.29. The fraction of sp³-hybridized carbons (Fsp3) is 0.348. The third kappa shape index (κ3) is 5.02. The van der Waals surface area contributed by atoms with Crippen LogP contribution in [0.15, 0.2) is 65.6 Å². The Hall–Kier alpha value is -2.80. The number of rotatable bonds is 9. The predicted molar refractivity (Wildman–Crippen MR) is 118 cm³/mol. The Bertz CT molecular complexity index is 889. The molecule has 0 bridgehead atoms. The van der Waals surface area contributed by atoms with Crippen molar-refractivity contribution in [2.24, 2.45) is 5.92 Å². The Morgan fingerprint density at radius 3 is 2.33 bits per heavy atom.